The molecule has 110 valence electrons. The third kappa shape index (κ3) is 2.14. The van der Waals surface area contributed by atoms with Gasteiger partial charge < -0.3 is 10.3 Å². The van der Waals surface area contributed by atoms with Crippen molar-refractivity contribution in [3.05, 3.63) is 36.0 Å². The van der Waals surface area contributed by atoms with Gasteiger partial charge in [-0.05, 0) is 12.1 Å². The Morgan fingerprint density at radius 3 is 2.43 bits per heavy atom. The molecule has 4 nitrogen and oxygen atoms in total. The number of hydrogen-bond acceptors (Lipinski definition) is 2. The van der Waals surface area contributed by atoms with Crippen LogP contribution in [0.5, 0.6) is 0 Å². The minimum absolute atomic E-state index is 0.372. The number of nitrogens with zero attached hydrogens (tertiary/aromatic N) is 3. The minimum Gasteiger partial charge on any atom is -0.382 e. The Morgan fingerprint density at radius 2 is 1.86 bits per heavy atom. The summed E-state index contributed by atoms with van der Waals surface area (Å²) in [7, 11) is 3.46. The van der Waals surface area contributed by atoms with Gasteiger partial charge in [-0.2, -0.15) is 18.3 Å². The molecule has 2 heterocycles. The van der Waals surface area contributed by atoms with Crippen LogP contribution < -0.4 is 5.73 Å². The lowest BCUT2D eigenvalue weighted by Crippen LogP contribution is -2.04. The number of hydrogen-bond donors (Lipinski definition) is 1. The predicted molar refractivity (Wildman–Crippen MR) is 74.5 cm³/mol. The zero-order chi connectivity index (χ0) is 15.4. The summed E-state index contributed by atoms with van der Waals surface area (Å²) in [5.41, 5.74) is 7.08. The predicted octanol–water partition coefficient (Wildman–Crippen LogP) is 3.18. The lowest BCUT2D eigenvalue weighted by atomic mass is 10.1. The number of halogens is 3. The first-order chi connectivity index (χ1) is 9.77. The fourth-order valence-electron chi connectivity index (χ4n) is 2.51. The summed E-state index contributed by atoms with van der Waals surface area (Å²) in [5, 5.41) is 4.80. The second-order valence-corrected chi connectivity index (χ2v) is 4.96. The smallest absolute Gasteiger partial charge is 0.382 e. The Morgan fingerprint density at radius 1 is 1.14 bits per heavy atom. The van der Waals surface area contributed by atoms with Gasteiger partial charge in [0.05, 0.1) is 11.3 Å². The normalized spacial score (nSPS) is 12.2. The first-order valence-electron chi connectivity index (χ1n) is 6.23. The molecule has 0 aliphatic heterocycles. The molecule has 0 bridgehead atoms. The molecule has 0 saturated carbocycles. The van der Waals surface area contributed by atoms with E-state index in [4.69, 9.17) is 5.73 Å². The van der Waals surface area contributed by atoms with Crippen LogP contribution in [0.2, 0.25) is 0 Å². The molecule has 7 heteroatoms. The van der Waals surface area contributed by atoms with E-state index in [2.05, 4.69) is 5.10 Å². The molecule has 0 unspecified atom stereocenters. The van der Waals surface area contributed by atoms with Crippen molar-refractivity contribution in [1.29, 1.82) is 0 Å². The van der Waals surface area contributed by atoms with E-state index in [0.29, 0.717) is 11.3 Å². The second kappa shape index (κ2) is 4.28. The minimum atomic E-state index is -4.35. The van der Waals surface area contributed by atoms with E-state index in [1.807, 2.05) is 0 Å². The SMILES string of the molecule is Cn1nc(N)cc1-c1cn(C)c2cc(C(F)(F)F)ccc12. The van der Waals surface area contributed by atoms with E-state index in [-0.39, 0.29) is 0 Å². The van der Waals surface area contributed by atoms with E-state index >= 15 is 0 Å². The van der Waals surface area contributed by atoms with Gasteiger partial charge in [-0.15, -0.1) is 0 Å². The molecule has 0 radical (unpaired) electrons. The maximum Gasteiger partial charge on any atom is 0.416 e. The lowest BCUT2D eigenvalue weighted by molar-refractivity contribution is -0.137. The summed E-state index contributed by atoms with van der Waals surface area (Å²) < 4.78 is 41.7. The molecule has 2 N–H and O–H groups in total. The van der Waals surface area contributed by atoms with Crippen LogP contribution in [-0.2, 0) is 20.3 Å². The van der Waals surface area contributed by atoms with Gasteiger partial charge in [0.15, 0.2) is 0 Å². The molecule has 0 atom stereocenters. The summed E-state index contributed by atoms with van der Waals surface area (Å²) in [6, 6.07) is 5.42. The van der Waals surface area contributed by atoms with Crippen LogP contribution >= 0.6 is 0 Å². The molecular weight excluding hydrogens is 281 g/mol. The van der Waals surface area contributed by atoms with Crippen molar-refractivity contribution in [3.63, 3.8) is 0 Å². The fraction of sp³-hybridized carbons (Fsp3) is 0.214. The molecule has 3 rings (SSSR count). The Hall–Kier alpha value is -2.44. The first-order valence-corrected chi connectivity index (χ1v) is 6.23. The van der Waals surface area contributed by atoms with E-state index < -0.39 is 11.7 Å². The number of aryl methyl sites for hydroxylation is 2. The van der Waals surface area contributed by atoms with Crippen molar-refractivity contribution < 1.29 is 13.2 Å². The Kier molecular flexibility index (Phi) is 2.76. The number of aromatic nitrogens is 3. The zero-order valence-electron chi connectivity index (χ0n) is 11.4. The molecule has 3 aromatic rings. The quantitative estimate of drug-likeness (QED) is 0.749. The molecule has 1 aromatic carbocycles. The van der Waals surface area contributed by atoms with Crippen LogP contribution in [0.1, 0.15) is 5.56 Å². The number of nitrogen functional groups attached to an aromatic ring is 1. The van der Waals surface area contributed by atoms with Crippen molar-refractivity contribution in [2.45, 2.75) is 6.18 Å². The molecule has 0 amide bonds. The lowest BCUT2D eigenvalue weighted by Gasteiger charge is -2.07. The van der Waals surface area contributed by atoms with E-state index in [0.717, 1.165) is 28.8 Å². The number of alkyl halides is 3. The fourth-order valence-corrected chi connectivity index (χ4v) is 2.51. The van der Waals surface area contributed by atoms with Crippen molar-refractivity contribution in [3.8, 4) is 11.3 Å². The molecule has 2 aromatic heterocycles. The van der Waals surface area contributed by atoms with Gasteiger partial charge in [0.25, 0.3) is 0 Å². The number of benzene rings is 1. The van der Waals surface area contributed by atoms with Gasteiger partial charge >= 0.3 is 6.18 Å². The van der Waals surface area contributed by atoms with Crippen LogP contribution in [-0.4, -0.2) is 14.3 Å². The number of fused-ring (bicyclic) bond motifs is 1. The highest BCUT2D eigenvalue weighted by molar-refractivity contribution is 5.96. The van der Waals surface area contributed by atoms with Crippen molar-refractivity contribution >= 4 is 16.7 Å². The molecule has 0 aliphatic carbocycles. The Balaban J connectivity index is 2.25. The van der Waals surface area contributed by atoms with Gasteiger partial charge in [0.1, 0.15) is 5.82 Å². The van der Waals surface area contributed by atoms with Gasteiger partial charge in [-0.25, -0.2) is 0 Å². The maximum absolute atomic E-state index is 12.8. The Bertz CT molecular complexity index is 827. The zero-order valence-corrected chi connectivity index (χ0v) is 11.4. The summed E-state index contributed by atoms with van der Waals surface area (Å²) in [6.45, 7) is 0. The van der Waals surface area contributed by atoms with Gasteiger partial charge in [0.2, 0.25) is 0 Å². The summed E-state index contributed by atoms with van der Waals surface area (Å²) >= 11 is 0. The molecular formula is C14H13F3N4. The standard InChI is InChI=1S/C14H13F3N4/c1-20-7-10(12-6-13(18)19-21(12)2)9-4-3-8(5-11(9)20)14(15,16)17/h3-7H,1-2H3,(H2,18,19). The summed E-state index contributed by atoms with van der Waals surface area (Å²) in [4.78, 5) is 0. The number of anilines is 1. The van der Waals surface area contributed by atoms with Crippen molar-refractivity contribution in [2.24, 2.45) is 14.1 Å². The first kappa shape index (κ1) is 13.5. The topological polar surface area (TPSA) is 48.8 Å². The van der Waals surface area contributed by atoms with Crippen molar-refractivity contribution in [2.75, 3.05) is 5.73 Å². The molecule has 0 saturated heterocycles. The molecule has 0 fully saturated rings. The summed E-state index contributed by atoms with van der Waals surface area (Å²) in [5.74, 6) is 0.372. The van der Waals surface area contributed by atoms with E-state index in [1.54, 1.807) is 35.6 Å². The second-order valence-electron chi connectivity index (χ2n) is 4.96. The molecule has 0 aliphatic rings. The van der Waals surface area contributed by atoms with Crippen LogP contribution in [0.15, 0.2) is 30.5 Å². The third-order valence-corrected chi connectivity index (χ3v) is 3.49. The van der Waals surface area contributed by atoms with Gasteiger partial charge in [0, 0.05) is 42.8 Å². The van der Waals surface area contributed by atoms with Crippen LogP contribution in [0.4, 0.5) is 19.0 Å². The van der Waals surface area contributed by atoms with Crippen LogP contribution in [0, 0.1) is 0 Å². The summed E-state index contributed by atoms with van der Waals surface area (Å²) in [6.07, 6.45) is -2.57. The maximum atomic E-state index is 12.8. The molecule has 21 heavy (non-hydrogen) atoms. The molecule has 0 spiro atoms. The van der Waals surface area contributed by atoms with Crippen molar-refractivity contribution in [1.82, 2.24) is 14.3 Å². The highest BCUT2D eigenvalue weighted by Crippen LogP contribution is 2.35. The van der Waals surface area contributed by atoms with E-state index in [9.17, 15) is 13.2 Å². The highest BCUT2D eigenvalue weighted by Gasteiger charge is 2.31. The average Bonchev–Trinajstić information content (AvgIpc) is 2.88. The van der Waals surface area contributed by atoms with E-state index in [1.165, 1.54) is 6.07 Å². The monoisotopic (exact) mass is 294 g/mol. The highest BCUT2D eigenvalue weighted by atomic mass is 19.4. The van der Waals surface area contributed by atoms with Gasteiger partial charge in [-0.1, -0.05) is 6.07 Å². The number of rotatable bonds is 1. The Labute approximate surface area is 118 Å². The van der Waals surface area contributed by atoms with Crippen LogP contribution in [0.3, 0.4) is 0 Å². The number of nitrogens with two attached hydrogens (primary N) is 1. The third-order valence-electron chi connectivity index (χ3n) is 3.49. The largest absolute Gasteiger partial charge is 0.416 e. The van der Waals surface area contributed by atoms with Gasteiger partial charge in [-0.3, -0.25) is 4.68 Å². The van der Waals surface area contributed by atoms with Crippen LogP contribution in [0.25, 0.3) is 22.2 Å². The average molecular weight is 294 g/mol.